The van der Waals surface area contributed by atoms with Gasteiger partial charge in [-0.1, -0.05) is 30.3 Å². The van der Waals surface area contributed by atoms with Crippen molar-refractivity contribution in [2.45, 2.75) is 6.04 Å². The van der Waals surface area contributed by atoms with Crippen LogP contribution >= 0.6 is 0 Å². The molecule has 0 fully saturated rings. The highest BCUT2D eigenvalue weighted by atomic mass is 16.5. The molecule has 0 aromatic heterocycles. The van der Waals surface area contributed by atoms with Crippen molar-refractivity contribution in [3.63, 3.8) is 0 Å². The Balaban J connectivity index is 1.87. The van der Waals surface area contributed by atoms with Crippen LogP contribution in [-0.2, 0) is 9.59 Å². The van der Waals surface area contributed by atoms with Gasteiger partial charge in [0, 0.05) is 5.56 Å². The molecule has 0 aliphatic rings. The van der Waals surface area contributed by atoms with E-state index in [0.717, 1.165) is 0 Å². The van der Waals surface area contributed by atoms with E-state index in [0.29, 0.717) is 16.9 Å². The molecule has 0 saturated carbocycles. The summed E-state index contributed by atoms with van der Waals surface area (Å²) in [5.74, 6) is -1.06. The Kier molecular flexibility index (Phi) is 7.33. The monoisotopic (exact) mass is 371 g/mol. The van der Waals surface area contributed by atoms with Crippen LogP contribution in [0.25, 0.3) is 0 Å². The van der Waals surface area contributed by atoms with Gasteiger partial charge in [0.1, 0.15) is 25.0 Å². The lowest BCUT2D eigenvalue weighted by atomic mass is 10.1. The summed E-state index contributed by atoms with van der Waals surface area (Å²) in [6.45, 7) is -0.313. The van der Waals surface area contributed by atoms with Crippen LogP contribution in [0.2, 0.25) is 0 Å². The number of amides is 3. The van der Waals surface area contributed by atoms with E-state index in [-0.39, 0.29) is 13.2 Å². The molecule has 2 rings (SSSR count). The smallest absolute Gasteiger partial charge is 0.248 e. The van der Waals surface area contributed by atoms with Crippen LogP contribution in [-0.4, -0.2) is 42.6 Å². The maximum atomic E-state index is 12.4. The molecule has 0 heterocycles. The molecule has 0 spiro atoms. The molecule has 8 heteroatoms. The Morgan fingerprint density at radius 1 is 1.04 bits per heavy atom. The number of aliphatic hydroxyl groups is 1. The third kappa shape index (κ3) is 6.12. The average molecular weight is 371 g/mol. The lowest BCUT2D eigenvalue weighted by Gasteiger charge is -2.18. The Bertz CT molecular complexity index is 778. The van der Waals surface area contributed by atoms with Gasteiger partial charge in [0.15, 0.2) is 0 Å². The van der Waals surface area contributed by atoms with Crippen molar-refractivity contribution in [1.82, 2.24) is 10.6 Å². The van der Waals surface area contributed by atoms with E-state index in [2.05, 4.69) is 10.6 Å². The van der Waals surface area contributed by atoms with E-state index in [4.69, 9.17) is 15.6 Å². The number of carbonyl (C=O) groups excluding carboxylic acids is 3. The van der Waals surface area contributed by atoms with Gasteiger partial charge >= 0.3 is 0 Å². The summed E-state index contributed by atoms with van der Waals surface area (Å²) < 4.78 is 5.48. The van der Waals surface area contributed by atoms with E-state index in [1.54, 1.807) is 54.6 Å². The molecule has 0 radical (unpaired) electrons. The van der Waals surface area contributed by atoms with Gasteiger partial charge < -0.3 is 26.2 Å². The minimum absolute atomic E-state index is 0.192. The summed E-state index contributed by atoms with van der Waals surface area (Å²) in [5.41, 5.74) is 6.14. The Labute approximate surface area is 156 Å². The molecule has 2 aromatic carbocycles. The number of rotatable bonds is 9. The molecule has 0 bridgehead atoms. The van der Waals surface area contributed by atoms with Crippen LogP contribution in [0.3, 0.4) is 0 Å². The molecule has 3 amide bonds. The quantitative estimate of drug-likeness (QED) is 0.466. The first kappa shape index (κ1) is 19.9. The van der Waals surface area contributed by atoms with Gasteiger partial charge in [-0.15, -0.1) is 0 Å². The van der Waals surface area contributed by atoms with Gasteiger partial charge in [-0.25, -0.2) is 0 Å². The Morgan fingerprint density at radius 2 is 1.70 bits per heavy atom. The molecule has 0 unspecified atom stereocenters. The van der Waals surface area contributed by atoms with Crippen LogP contribution in [0, 0.1) is 0 Å². The molecule has 5 N–H and O–H groups in total. The number of primary amides is 1. The van der Waals surface area contributed by atoms with Gasteiger partial charge in [0.2, 0.25) is 17.7 Å². The van der Waals surface area contributed by atoms with E-state index in [1.807, 2.05) is 0 Å². The maximum absolute atomic E-state index is 12.4. The first-order valence-electron chi connectivity index (χ1n) is 8.27. The van der Waals surface area contributed by atoms with Crippen molar-refractivity contribution in [3.05, 3.63) is 65.7 Å². The first-order chi connectivity index (χ1) is 13.0. The van der Waals surface area contributed by atoms with E-state index in [1.165, 1.54) is 0 Å². The minimum Gasteiger partial charge on any atom is -0.492 e. The minimum atomic E-state index is -0.916. The highest BCUT2D eigenvalue weighted by molar-refractivity contribution is 5.92. The van der Waals surface area contributed by atoms with Gasteiger partial charge in [-0.3, -0.25) is 14.4 Å². The fraction of sp³-hybridized carbons (Fsp3) is 0.211. The maximum Gasteiger partial charge on any atom is 0.248 e. The highest BCUT2D eigenvalue weighted by Gasteiger charge is 2.21. The largest absolute Gasteiger partial charge is 0.492 e. The number of aliphatic hydroxyl groups excluding tert-OH is 1. The van der Waals surface area contributed by atoms with Gasteiger partial charge in [0.05, 0.1) is 6.54 Å². The standard InChI is InChI=1S/C19H21N3O5/c20-18(25)14-6-8-15(9-7-14)27-11-10-21-19(26)17(22-16(24)12-23)13-4-2-1-3-5-13/h1-9,17,23H,10-12H2,(H2,20,25)(H,21,26)(H,22,24)/t17-/m1/s1. The predicted molar refractivity (Wildman–Crippen MR) is 97.9 cm³/mol. The average Bonchev–Trinajstić information content (AvgIpc) is 2.70. The molecular formula is C19H21N3O5. The summed E-state index contributed by atoms with van der Waals surface area (Å²) in [7, 11) is 0. The number of benzene rings is 2. The van der Waals surface area contributed by atoms with E-state index >= 15 is 0 Å². The van der Waals surface area contributed by atoms with Crippen molar-refractivity contribution in [3.8, 4) is 5.75 Å². The van der Waals surface area contributed by atoms with E-state index < -0.39 is 30.4 Å². The molecule has 0 aliphatic heterocycles. The van der Waals surface area contributed by atoms with Crippen molar-refractivity contribution in [2.75, 3.05) is 19.8 Å². The molecule has 27 heavy (non-hydrogen) atoms. The van der Waals surface area contributed by atoms with Crippen LogP contribution in [0.15, 0.2) is 54.6 Å². The molecule has 0 aliphatic carbocycles. The van der Waals surface area contributed by atoms with Crippen LogP contribution in [0.5, 0.6) is 5.75 Å². The lowest BCUT2D eigenvalue weighted by Crippen LogP contribution is -2.42. The normalized spacial score (nSPS) is 11.3. The molecule has 0 saturated heterocycles. The van der Waals surface area contributed by atoms with Gasteiger partial charge in [-0.05, 0) is 29.8 Å². The van der Waals surface area contributed by atoms with Crippen LogP contribution in [0.1, 0.15) is 22.0 Å². The second kappa shape index (κ2) is 9.93. The zero-order valence-electron chi connectivity index (χ0n) is 14.6. The summed E-state index contributed by atoms with van der Waals surface area (Å²) in [6, 6.07) is 14.1. The molecule has 8 nitrogen and oxygen atoms in total. The zero-order valence-corrected chi connectivity index (χ0v) is 14.6. The van der Waals surface area contributed by atoms with E-state index in [9.17, 15) is 14.4 Å². The number of carbonyl (C=O) groups is 3. The lowest BCUT2D eigenvalue weighted by molar-refractivity contribution is -0.130. The Morgan fingerprint density at radius 3 is 2.30 bits per heavy atom. The summed E-state index contributed by atoms with van der Waals surface area (Å²) >= 11 is 0. The summed E-state index contributed by atoms with van der Waals surface area (Å²) in [5, 5.41) is 14.1. The number of ether oxygens (including phenoxy) is 1. The number of hydrogen-bond donors (Lipinski definition) is 4. The third-order valence-corrected chi connectivity index (χ3v) is 3.65. The summed E-state index contributed by atoms with van der Waals surface area (Å²) in [6.07, 6.45) is 0. The molecular weight excluding hydrogens is 350 g/mol. The van der Waals surface area contributed by atoms with Crippen LogP contribution in [0.4, 0.5) is 0 Å². The molecule has 142 valence electrons. The topological polar surface area (TPSA) is 131 Å². The van der Waals surface area contributed by atoms with Crippen molar-refractivity contribution in [2.24, 2.45) is 5.73 Å². The second-order valence-corrected chi connectivity index (χ2v) is 5.60. The highest BCUT2D eigenvalue weighted by Crippen LogP contribution is 2.13. The first-order valence-corrected chi connectivity index (χ1v) is 8.27. The third-order valence-electron chi connectivity index (χ3n) is 3.65. The number of nitrogens with two attached hydrogens (primary N) is 1. The SMILES string of the molecule is NC(=O)c1ccc(OCCNC(=O)[C@H](NC(=O)CO)c2ccccc2)cc1. The predicted octanol–water partition coefficient (Wildman–Crippen LogP) is 0.130. The summed E-state index contributed by atoms with van der Waals surface area (Å²) in [4.78, 5) is 34.9. The second-order valence-electron chi connectivity index (χ2n) is 5.60. The number of nitrogens with one attached hydrogen (secondary N) is 2. The molecule has 1 atom stereocenters. The Hall–Kier alpha value is -3.39. The van der Waals surface area contributed by atoms with Gasteiger partial charge in [-0.2, -0.15) is 0 Å². The van der Waals surface area contributed by atoms with Crippen molar-refractivity contribution in [1.29, 1.82) is 0 Å². The van der Waals surface area contributed by atoms with Crippen molar-refractivity contribution < 1.29 is 24.2 Å². The fourth-order valence-electron chi connectivity index (χ4n) is 2.31. The number of hydrogen-bond acceptors (Lipinski definition) is 5. The fourth-order valence-corrected chi connectivity index (χ4v) is 2.31. The molecule has 2 aromatic rings. The van der Waals surface area contributed by atoms with Crippen LogP contribution < -0.4 is 21.1 Å². The van der Waals surface area contributed by atoms with Crippen molar-refractivity contribution >= 4 is 17.7 Å². The van der Waals surface area contributed by atoms with Gasteiger partial charge in [0.25, 0.3) is 0 Å². The zero-order chi connectivity index (χ0) is 19.6.